The van der Waals surface area contributed by atoms with Crippen molar-refractivity contribution in [2.24, 2.45) is 5.92 Å². The summed E-state index contributed by atoms with van der Waals surface area (Å²) in [5.41, 5.74) is 1.54. The number of amides is 1. The van der Waals surface area contributed by atoms with E-state index in [4.69, 9.17) is 9.47 Å². The molecule has 0 radical (unpaired) electrons. The maximum absolute atomic E-state index is 11.4. The molecule has 0 aromatic carbocycles. The standard InChI is InChI=1S/C18H17N5O3/c1-11(12-6-17(24)19-7-12)26-16-5-13(10-23-15(16)3-4-22-23)18-20-8-14(25-2)9-21-18/h3-5,8-10,12H,1,6-7H2,2H3,(H,19,24)/t12-/m1/s1. The predicted octanol–water partition coefficient (Wildman–Crippen LogP) is 1.83. The average molecular weight is 351 g/mol. The third-order valence-electron chi connectivity index (χ3n) is 4.27. The largest absolute Gasteiger partial charge is 0.494 e. The number of ether oxygens (including phenoxy) is 2. The van der Waals surface area contributed by atoms with E-state index in [0.29, 0.717) is 36.0 Å². The van der Waals surface area contributed by atoms with Crippen molar-refractivity contribution in [3.8, 4) is 22.9 Å². The first-order valence-corrected chi connectivity index (χ1v) is 8.11. The molecule has 1 aliphatic heterocycles. The van der Waals surface area contributed by atoms with Crippen LogP contribution in [0, 0.1) is 5.92 Å². The van der Waals surface area contributed by atoms with Crippen LogP contribution in [0.25, 0.3) is 16.9 Å². The minimum absolute atomic E-state index is 0.00892. The fourth-order valence-electron chi connectivity index (χ4n) is 2.83. The molecule has 1 amide bonds. The summed E-state index contributed by atoms with van der Waals surface area (Å²) in [5, 5.41) is 7.06. The zero-order chi connectivity index (χ0) is 18.1. The van der Waals surface area contributed by atoms with Gasteiger partial charge in [0.2, 0.25) is 5.91 Å². The Hall–Kier alpha value is -3.42. The zero-order valence-electron chi connectivity index (χ0n) is 14.2. The smallest absolute Gasteiger partial charge is 0.220 e. The van der Waals surface area contributed by atoms with Crippen LogP contribution in [0.4, 0.5) is 0 Å². The monoisotopic (exact) mass is 351 g/mol. The van der Waals surface area contributed by atoms with E-state index in [2.05, 4.69) is 27.0 Å². The molecule has 1 saturated heterocycles. The molecule has 0 saturated carbocycles. The highest BCUT2D eigenvalue weighted by Crippen LogP contribution is 2.30. The Morgan fingerprint density at radius 3 is 2.88 bits per heavy atom. The Kier molecular flexibility index (Phi) is 4.00. The van der Waals surface area contributed by atoms with E-state index in [1.54, 1.807) is 30.2 Å². The zero-order valence-corrected chi connectivity index (χ0v) is 14.2. The van der Waals surface area contributed by atoms with Gasteiger partial charge in [-0.25, -0.2) is 14.5 Å². The number of nitrogens with one attached hydrogen (secondary N) is 1. The molecular weight excluding hydrogens is 334 g/mol. The third-order valence-corrected chi connectivity index (χ3v) is 4.27. The Morgan fingerprint density at radius 2 is 2.19 bits per heavy atom. The number of hydrogen-bond donors (Lipinski definition) is 1. The van der Waals surface area contributed by atoms with E-state index < -0.39 is 0 Å². The molecule has 0 aliphatic carbocycles. The van der Waals surface area contributed by atoms with E-state index in [0.717, 1.165) is 11.1 Å². The Labute approximate surface area is 149 Å². The quantitative estimate of drug-likeness (QED) is 0.705. The number of pyridine rings is 1. The topological polar surface area (TPSA) is 90.6 Å². The van der Waals surface area contributed by atoms with Gasteiger partial charge in [-0.2, -0.15) is 5.10 Å². The lowest BCUT2D eigenvalue weighted by Crippen LogP contribution is -2.15. The lowest BCUT2D eigenvalue weighted by molar-refractivity contribution is -0.119. The van der Waals surface area contributed by atoms with E-state index in [1.807, 2.05) is 18.3 Å². The molecule has 132 valence electrons. The van der Waals surface area contributed by atoms with Crippen molar-refractivity contribution < 1.29 is 14.3 Å². The summed E-state index contributed by atoms with van der Waals surface area (Å²) in [7, 11) is 1.56. The van der Waals surface area contributed by atoms with Gasteiger partial charge >= 0.3 is 0 Å². The van der Waals surface area contributed by atoms with Crippen molar-refractivity contribution in [1.82, 2.24) is 24.9 Å². The second-order valence-corrected chi connectivity index (χ2v) is 5.97. The molecule has 1 fully saturated rings. The summed E-state index contributed by atoms with van der Waals surface area (Å²) in [6.07, 6.45) is 7.10. The number of aromatic nitrogens is 4. The summed E-state index contributed by atoms with van der Waals surface area (Å²) in [4.78, 5) is 20.0. The number of carbonyl (C=O) groups excluding carboxylic acids is 1. The Bertz CT molecular complexity index is 980. The van der Waals surface area contributed by atoms with Gasteiger partial charge in [-0.15, -0.1) is 0 Å². The molecule has 0 unspecified atom stereocenters. The van der Waals surface area contributed by atoms with E-state index in [9.17, 15) is 4.79 Å². The first-order valence-electron chi connectivity index (χ1n) is 8.11. The molecule has 4 heterocycles. The molecule has 8 heteroatoms. The average Bonchev–Trinajstić information content (AvgIpc) is 3.30. The van der Waals surface area contributed by atoms with Gasteiger partial charge in [-0.05, 0) is 12.1 Å². The highest BCUT2D eigenvalue weighted by atomic mass is 16.5. The van der Waals surface area contributed by atoms with Gasteiger partial charge in [-0.1, -0.05) is 6.58 Å². The minimum atomic E-state index is -0.0497. The Balaban J connectivity index is 1.68. The van der Waals surface area contributed by atoms with Crippen LogP contribution in [-0.2, 0) is 4.79 Å². The summed E-state index contributed by atoms with van der Waals surface area (Å²) in [5.74, 6) is 2.19. The third kappa shape index (κ3) is 2.97. The molecule has 1 N–H and O–H groups in total. The van der Waals surface area contributed by atoms with Gasteiger partial charge in [0.1, 0.15) is 11.3 Å². The number of carbonyl (C=O) groups is 1. The van der Waals surface area contributed by atoms with Gasteiger partial charge < -0.3 is 14.8 Å². The highest BCUT2D eigenvalue weighted by Gasteiger charge is 2.26. The highest BCUT2D eigenvalue weighted by molar-refractivity contribution is 5.78. The summed E-state index contributed by atoms with van der Waals surface area (Å²) >= 11 is 0. The summed E-state index contributed by atoms with van der Waals surface area (Å²) in [6, 6.07) is 3.69. The number of hydrogen-bond acceptors (Lipinski definition) is 6. The van der Waals surface area contributed by atoms with Crippen LogP contribution in [0.15, 0.2) is 49.3 Å². The molecule has 0 spiro atoms. The van der Waals surface area contributed by atoms with Crippen molar-refractivity contribution in [2.45, 2.75) is 6.42 Å². The normalized spacial score (nSPS) is 16.5. The number of nitrogens with zero attached hydrogens (tertiary/aromatic N) is 4. The minimum Gasteiger partial charge on any atom is -0.494 e. The van der Waals surface area contributed by atoms with E-state index in [1.165, 1.54) is 0 Å². The summed E-state index contributed by atoms with van der Waals surface area (Å²) < 4.78 is 12.8. The predicted molar refractivity (Wildman–Crippen MR) is 93.7 cm³/mol. The SMILES string of the molecule is C=C(Oc1cc(-c2ncc(OC)cn2)cn2nccc12)[C@H]1CNC(=O)C1. The first kappa shape index (κ1) is 16.1. The summed E-state index contributed by atoms with van der Waals surface area (Å²) in [6.45, 7) is 4.53. The van der Waals surface area contributed by atoms with Crippen molar-refractivity contribution in [3.63, 3.8) is 0 Å². The molecule has 3 aromatic rings. The second kappa shape index (κ2) is 6.47. The van der Waals surface area contributed by atoms with Crippen LogP contribution in [-0.4, -0.2) is 39.1 Å². The lowest BCUT2D eigenvalue weighted by atomic mass is 10.1. The van der Waals surface area contributed by atoms with Crippen LogP contribution < -0.4 is 14.8 Å². The van der Waals surface area contributed by atoms with Crippen molar-refractivity contribution in [3.05, 3.63) is 49.3 Å². The lowest BCUT2D eigenvalue weighted by Gasteiger charge is -2.15. The molecule has 8 nitrogen and oxygen atoms in total. The fourth-order valence-corrected chi connectivity index (χ4v) is 2.83. The van der Waals surface area contributed by atoms with Gasteiger partial charge in [0.15, 0.2) is 17.3 Å². The molecule has 4 rings (SSSR count). The van der Waals surface area contributed by atoms with E-state index >= 15 is 0 Å². The first-order chi connectivity index (χ1) is 12.6. The molecule has 1 aliphatic rings. The number of rotatable bonds is 5. The molecule has 1 atom stereocenters. The maximum Gasteiger partial charge on any atom is 0.220 e. The van der Waals surface area contributed by atoms with Gasteiger partial charge in [0.05, 0.1) is 25.7 Å². The molecule has 0 bridgehead atoms. The maximum atomic E-state index is 11.4. The van der Waals surface area contributed by atoms with Crippen LogP contribution >= 0.6 is 0 Å². The molecule has 26 heavy (non-hydrogen) atoms. The van der Waals surface area contributed by atoms with Crippen LogP contribution in [0.1, 0.15) is 6.42 Å². The Morgan fingerprint density at radius 1 is 1.38 bits per heavy atom. The van der Waals surface area contributed by atoms with Gasteiger partial charge in [0.25, 0.3) is 0 Å². The number of methoxy groups -OCH3 is 1. The van der Waals surface area contributed by atoms with Gasteiger partial charge in [-0.3, -0.25) is 4.79 Å². The van der Waals surface area contributed by atoms with Crippen molar-refractivity contribution in [2.75, 3.05) is 13.7 Å². The number of fused-ring (bicyclic) bond motifs is 1. The van der Waals surface area contributed by atoms with Crippen molar-refractivity contribution in [1.29, 1.82) is 0 Å². The molecule has 3 aromatic heterocycles. The van der Waals surface area contributed by atoms with Crippen LogP contribution in [0.5, 0.6) is 11.5 Å². The van der Waals surface area contributed by atoms with Crippen molar-refractivity contribution >= 4 is 11.4 Å². The van der Waals surface area contributed by atoms with Crippen LogP contribution in [0.3, 0.4) is 0 Å². The fraction of sp³-hybridized carbons (Fsp3) is 0.222. The van der Waals surface area contributed by atoms with E-state index in [-0.39, 0.29) is 11.8 Å². The van der Waals surface area contributed by atoms with Gasteiger partial charge in [0, 0.05) is 30.6 Å². The second-order valence-electron chi connectivity index (χ2n) is 5.97. The van der Waals surface area contributed by atoms with Crippen LogP contribution in [0.2, 0.25) is 0 Å². The molecular formula is C18H17N5O3.